The summed E-state index contributed by atoms with van der Waals surface area (Å²) in [6.07, 6.45) is 3.94. The van der Waals surface area contributed by atoms with Crippen molar-refractivity contribution >= 4 is 11.4 Å². The van der Waals surface area contributed by atoms with E-state index in [1.807, 2.05) is 6.07 Å². The van der Waals surface area contributed by atoms with Crippen molar-refractivity contribution < 1.29 is 0 Å². The molecule has 0 bridgehead atoms. The van der Waals surface area contributed by atoms with E-state index in [1.54, 1.807) is 0 Å². The monoisotopic (exact) mass is 247 g/mol. The first-order valence-corrected chi connectivity index (χ1v) is 6.69. The molecule has 0 aromatic heterocycles. The molecule has 1 aliphatic carbocycles. The van der Waals surface area contributed by atoms with Crippen LogP contribution < -0.4 is 10.6 Å². The van der Waals surface area contributed by atoms with Crippen LogP contribution in [0.25, 0.3) is 0 Å². The van der Waals surface area contributed by atoms with E-state index in [9.17, 15) is 0 Å². The molecular weight excluding hydrogens is 222 g/mol. The number of aryl methyl sites for hydroxylation is 1. The van der Waals surface area contributed by atoms with Gasteiger partial charge in [-0.05, 0) is 58.0 Å². The van der Waals surface area contributed by atoms with Crippen LogP contribution in [0.5, 0.6) is 0 Å². The van der Waals surface area contributed by atoms with E-state index < -0.39 is 0 Å². The Bertz CT molecular complexity index is 422. The number of rotatable bonds is 4. The highest BCUT2D eigenvalue weighted by molar-refractivity contribution is 5.60. The van der Waals surface area contributed by atoms with Gasteiger partial charge in [-0.2, -0.15) is 0 Å². The Balaban J connectivity index is 2.16. The van der Waals surface area contributed by atoms with Crippen molar-refractivity contribution in [3.8, 4) is 0 Å². The Morgan fingerprint density at radius 2 is 1.89 bits per heavy atom. The average Bonchev–Trinajstić information content (AvgIpc) is 2.26. The Morgan fingerprint density at radius 3 is 2.39 bits per heavy atom. The molecule has 2 rings (SSSR count). The minimum Gasteiger partial charge on any atom is -0.399 e. The lowest BCUT2D eigenvalue weighted by molar-refractivity contribution is 0.0683. The summed E-state index contributed by atoms with van der Waals surface area (Å²) in [4.78, 5) is 4.74. The summed E-state index contributed by atoms with van der Waals surface area (Å²) in [7, 11) is 6.56. The second-order valence-corrected chi connectivity index (χ2v) is 5.87. The SMILES string of the molecule is Cc1ccc(N)cc1N(C)CC1(N(C)C)CCC1. The van der Waals surface area contributed by atoms with Crippen LogP contribution in [-0.2, 0) is 0 Å². The second kappa shape index (κ2) is 4.81. The van der Waals surface area contributed by atoms with Gasteiger partial charge in [0.25, 0.3) is 0 Å². The van der Waals surface area contributed by atoms with E-state index in [2.05, 4.69) is 50.0 Å². The van der Waals surface area contributed by atoms with Gasteiger partial charge in [0, 0.05) is 30.5 Å². The third-order valence-electron chi connectivity index (χ3n) is 4.41. The average molecular weight is 247 g/mol. The molecule has 0 saturated heterocycles. The van der Waals surface area contributed by atoms with E-state index in [4.69, 9.17) is 5.73 Å². The van der Waals surface area contributed by atoms with Gasteiger partial charge >= 0.3 is 0 Å². The van der Waals surface area contributed by atoms with Gasteiger partial charge in [-0.25, -0.2) is 0 Å². The summed E-state index contributed by atoms with van der Waals surface area (Å²) in [5, 5.41) is 0. The topological polar surface area (TPSA) is 32.5 Å². The highest BCUT2D eigenvalue weighted by atomic mass is 15.2. The summed E-state index contributed by atoms with van der Waals surface area (Å²) in [6, 6.07) is 6.15. The van der Waals surface area contributed by atoms with Gasteiger partial charge in [0.15, 0.2) is 0 Å². The number of nitrogens with two attached hydrogens (primary N) is 1. The fourth-order valence-corrected chi connectivity index (χ4v) is 2.90. The van der Waals surface area contributed by atoms with E-state index in [1.165, 1.54) is 30.5 Å². The molecule has 1 fully saturated rings. The fraction of sp³-hybridized carbons (Fsp3) is 0.600. The fourth-order valence-electron chi connectivity index (χ4n) is 2.90. The van der Waals surface area contributed by atoms with Crippen LogP contribution >= 0.6 is 0 Å². The molecule has 0 spiro atoms. The zero-order valence-corrected chi connectivity index (χ0v) is 12.0. The Hall–Kier alpha value is -1.22. The van der Waals surface area contributed by atoms with Gasteiger partial charge < -0.3 is 15.5 Å². The zero-order chi connectivity index (χ0) is 13.3. The van der Waals surface area contributed by atoms with Crippen molar-refractivity contribution in [2.24, 2.45) is 0 Å². The summed E-state index contributed by atoms with van der Waals surface area (Å²) in [5.41, 5.74) is 9.64. The molecule has 100 valence electrons. The summed E-state index contributed by atoms with van der Waals surface area (Å²) in [5.74, 6) is 0. The van der Waals surface area contributed by atoms with Crippen molar-refractivity contribution in [2.75, 3.05) is 38.3 Å². The first kappa shape index (κ1) is 13.2. The number of likely N-dealkylation sites (N-methyl/N-ethyl adjacent to an activating group) is 2. The predicted octanol–water partition coefficient (Wildman–Crippen LogP) is 2.50. The molecule has 2 N–H and O–H groups in total. The van der Waals surface area contributed by atoms with E-state index in [0.717, 1.165) is 12.2 Å². The van der Waals surface area contributed by atoms with Crippen molar-refractivity contribution in [3.63, 3.8) is 0 Å². The van der Waals surface area contributed by atoms with Crippen LogP contribution in [0.2, 0.25) is 0 Å². The number of benzene rings is 1. The quantitative estimate of drug-likeness (QED) is 0.830. The van der Waals surface area contributed by atoms with Gasteiger partial charge in [0.05, 0.1) is 0 Å². The van der Waals surface area contributed by atoms with Crippen molar-refractivity contribution in [3.05, 3.63) is 23.8 Å². The van der Waals surface area contributed by atoms with Crippen LogP contribution in [0.3, 0.4) is 0 Å². The molecule has 0 heterocycles. The van der Waals surface area contributed by atoms with Crippen molar-refractivity contribution in [1.82, 2.24) is 4.90 Å². The highest BCUT2D eigenvalue weighted by Crippen LogP contribution is 2.38. The largest absolute Gasteiger partial charge is 0.399 e. The number of hydrogen-bond donors (Lipinski definition) is 1. The molecule has 18 heavy (non-hydrogen) atoms. The minimum absolute atomic E-state index is 0.353. The van der Waals surface area contributed by atoms with Crippen LogP contribution in [0.1, 0.15) is 24.8 Å². The maximum atomic E-state index is 5.90. The van der Waals surface area contributed by atoms with Crippen molar-refractivity contribution in [1.29, 1.82) is 0 Å². The standard InChI is InChI=1S/C15H25N3/c1-12-6-7-13(16)10-14(12)18(4)11-15(17(2)3)8-5-9-15/h6-7,10H,5,8-9,11,16H2,1-4H3. The first-order valence-electron chi connectivity index (χ1n) is 6.69. The first-order chi connectivity index (χ1) is 8.44. The van der Waals surface area contributed by atoms with Gasteiger partial charge in [0.1, 0.15) is 0 Å². The third kappa shape index (κ3) is 2.32. The molecule has 1 aromatic rings. The Kier molecular flexibility index (Phi) is 3.53. The summed E-state index contributed by atoms with van der Waals surface area (Å²) in [6.45, 7) is 3.22. The van der Waals surface area contributed by atoms with Gasteiger partial charge in [0.2, 0.25) is 0 Å². The second-order valence-electron chi connectivity index (χ2n) is 5.87. The molecule has 0 unspecified atom stereocenters. The van der Waals surface area contributed by atoms with Gasteiger partial charge in [-0.3, -0.25) is 0 Å². The van der Waals surface area contributed by atoms with Crippen molar-refractivity contribution in [2.45, 2.75) is 31.7 Å². The molecule has 0 aliphatic heterocycles. The normalized spacial score (nSPS) is 17.6. The lowest BCUT2D eigenvalue weighted by Gasteiger charge is -2.49. The number of hydrogen-bond acceptors (Lipinski definition) is 3. The lowest BCUT2D eigenvalue weighted by Crippen LogP contribution is -2.56. The van der Waals surface area contributed by atoms with E-state index >= 15 is 0 Å². The Labute approximate surface area is 111 Å². The lowest BCUT2D eigenvalue weighted by atomic mass is 9.75. The molecule has 3 heteroatoms. The van der Waals surface area contributed by atoms with Crippen LogP contribution in [0, 0.1) is 6.92 Å². The van der Waals surface area contributed by atoms with Crippen LogP contribution in [0.15, 0.2) is 18.2 Å². The third-order valence-corrected chi connectivity index (χ3v) is 4.41. The minimum atomic E-state index is 0.353. The van der Waals surface area contributed by atoms with E-state index in [-0.39, 0.29) is 0 Å². The maximum Gasteiger partial charge on any atom is 0.0414 e. The van der Waals surface area contributed by atoms with E-state index in [0.29, 0.717) is 5.54 Å². The molecular formula is C15H25N3. The number of nitrogens with zero attached hydrogens (tertiary/aromatic N) is 2. The molecule has 3 nitrogen and oxygen atoms in total. The molecule has 0 atom stereocenters. The highest BCUT2D eigenvalue weighted by Gasteiger charge is 2.40. The van der Waals surface area contributed by atoms with Gasteiger partial charge in [-0.15, -0.1) is 0 Å². The molecule has 0 radical (unpaired) electrons. The van der Waals surface area contributed by atoms with Crippen LogP contribution in [-0.4, -0.2) is 38.1 Å². The number of anilines is 2. The predicted molar refractivity (Wildman–Crippen MR) is 79.1 cm³/mol. The smallest absolute Gasteiger partial charge is 0.0414 e. The van der Waals surface area contributed by atoms with Gasteiger partial charge in [-0.1, -0.05) is 6.07 Å². The maximum absolute atomic E-state index is 5.90. The number of nitrogen functional groups attached to an aromatic ring is 1. The molecule has 0 amide bonds. The summed E-state index contributed by atoms with van der Waals surface area (Å²) >= 11 is 0. The van der Waals surface area contributed by atoms with Crippen LogP contribution in [0.4, 0.5) is 11.4 Å². The summed E-state index contributed by atoms with van der Waals surface area (Å²) < 4.78 is 0. The molecule has 1 aromatic carbocycles. The molecule has 1 saturated carbocycles. The molecule has 1 aliphatic rings. The Morgan fingerprint density at radius 1 is 1.22 bits per heavy atom. The zero-order valence-electron chi connectivity index (χ0n) is 12.0.